The van der Waals surface area contributed by atoms with Gasteiger partial charge in [0, 0.05) is 37.9 Å². The van der Waals surface area contributed by atoms with Gasteiger partial charge in [-0.2, -0.15) is 5.10 Å². The van der Waals surface area contributed by atoms with E-state index in [1.54, 1.807) is 6.20 Å². The highest BCUT2D eigenvalue weighted by Crippen LogP contribution is 2.13. The van der Waals surface area contributed by atoms with Gasteiger partial charge in [0.25, 0.3) is 0 Å². The van der Waals surface area contributed by atoms with Crippen LogP contribution in [0.15, 0.2) is 61.2 Å². The lowest BCUT2D eigenvalue weighted by Crippen LogP contribution is -2.15. The van der Waals surface area contributed by atoms with Crippen LogP contribution in [0.1, 0.15) is 16.7 Å². The number of aryl methyl sites for hydroxylation is 1. The van der Waals surface area contributed by atoms with Crippen molar-refractivity contribution in [3.63, 3.8) is 0 Å². The zero-order chi connectivity index (χ0) is 14.5. The molecule has 0 radical (unpaired) electrons. The standard InChI is InChI=1S/C17H18N4/c1-14-7-9-18-12-16(14)13-19-11-15-5-2-3-6-17(15)21-10-4-8-20-21/h2-10,12,19H,11,13H2,1H3. The molecule has 0 amide bonds. The minimum absolute atomic E-state index is 0.796. The molecule has 21 heavy (non-hydrogen) atoms. The van der Waals surface area contributed by atoms with E-state index in [1.165, 1.54) is 16.7 Å². The lowest BCUT2D eigenvalue weighted by atomic mass is 10.1. The van der Waals surface area contributed by atoms with E-state index in [0.29, 0.717) is 0 Å². The van der Waals surface area contributed by atoms with Gasteiger partial charge in [-0.25, -0.2) is 4.68 Å². The molecule has 0 aliphatic heterocycles. The van der Waals surface area contributed by atoms with Gasteiger partial charge in [-0.1, -0.05) is 18.2 Å². The number of aromatic nitrogens is 3. The Hall–Kier alpha value is -2.46. The summed E-state index contributed by atoms with van der Waals surface area (Å²) < 4.78 is 1.90. The summed E-state index contributed by atoms with van der Waals surface area (Å²) in [5.74, 6) is 0. The molecule has 0 aliphatic rings. The fraction of sp³-hybridized carbons (Fsp3) is 0.176. The van der Waals surface area contributed by atoms with Crippen LogP contribution in [0.2, 0.25) is 0 Å². The Labute approximate surface area is 124 Å². The predicted molar refractivity (Wildman–Crippen MR) is 83.1 cm³/mol. The predicted octanol–water partition coefficient (Wildman–Crippen LogP) is 2.87. The smallest absolute Gasteiger partial charge is 0.0690 e. The van der Waals surface area contributed by atoms with Gasteiger partial charge in [0.1, 0.15) is 0 Å². The molecule has 0 aliphatic carbocycles. The van der Waals surface area contributed by atoms with Gasteiger partial charge in [0.2, 0.25) is 0 Å². The summed E-state index contributed by atoms with van der Waals surface area (Å²) in [6, 6.07) is 12.3. The van der Waals surface area contributed by atoms with Gasteiger partial charge in [0.05, 0.1) is 5.69 Å². The second kappa shape index (κ2) is 6.33. The average Bonchev–Trinajstić information content (AvgIpc) is 3.04. The van der Waals surface area contributed by atoms with Crippen molar-refractivity contribution in [3.8, 4) is 5.69 Å². The number of nitrogens with one attached hydrogen (secondary N) is 1. The molecule has 1 N–H and O–H groups in total. The highest BCUT2D eigenvalue weighted by molar-refractivity contribution is 5.40. The molecule has 2 aromatic heterocycles. The molecule has 2 heterocycles. The molecule has 3 aromatic rings. The molecular weight excluding hydrogens is 260 g/mol. The molecule has 0 unspecified atom stereocenters. The molecular formula is C17H18N4. The topological polar surface area (TPSA) is 42.7 Å². The van der Waals surface area contributed by atoms with Crippen molar-refractivity contribution in [2.45, 2.75) is 20.0 Å². The third-order valence-electron chi connectivity index (χ3n) is 3.52. The zero-order valence-corrected chi connectivity index (χ0v) is 12.0. The number of hydrogen-bond acceptors (Lipinski definition) is 3. The van der Waals surface area contributed by atoms with Crippen molar-refractivity contribution in [3.05, 3.63) is 77.9 Å². The highest BCUT2D eigenvalue weighted by Gasteiger charge is 2.04. The van der Waals surface area contributed by atoms with Crippen LogP contribution in [-0.2, 0) is 13.1 Å². The Kier molecular flexibility index (Phi) is 4.07. The third kappa shape index (κ3) is 3.17. The van der Waals surface area contributed by atoms with Crippen LogP contribution in [0, 0.1) is 6.92 Å². The molecule has 0 bridgehead atoms. The fourth-order valence-electron chi connectivity index (χ4n) is 2.31. The molecule has 4 nitrogen and oxygen atoms in total. The molecule has 3 rings (SSSR count). The summed E-state index contributed by atoms with van der Waals surface area (Å²) in [4.78, 5) is 4.18. The number of benzene rings is 1. The summed E-state index contributed by atoms with van der Waals surface area (Å²) in [6.45, 7) is 3.72. The van der Waals surface area contributed by atoms with Gasteiger partial charge in [-0.05, 0) is 41.8 Å². The fourth-order valence-corrected chi connectivity index (χ4v) is 2.31. The monoisotopic (exact) mass is 278 g/mol. The SMILES string of the molecule is Cc1ccncc1CNCc1ccccc1-n1cccn1. The maximum atomic E-state index is 4.31. The molecule has 0 atom stereocenters. The largest absolute Gasteiger partial charge is 0.308 e. The molecule has 0 spiro atoms. The summed E-state index contributed by atoms with van der Waals surface area (Å²) in [5, 5.41) is 7.79. The van der Waals surface area contributed by atoms with Crippen LogP contribution in [0.25, 0.3) is 5.69 Å². The second-order valence-electron chi connectivity index (χ2n) is 4.99. The Bertz CT molecular complexity index is 704. The Morgan fingerprint density at radius 1 is 1.00 bits per heavy atom. The quantitative estimate of drug-likeness (QED) is 0.780. The summed E-state index contributed by atoms with van der Waals surface area (Å²) >= 11 is 0. The van der Waals surface area contributed by atoms with E-state index in [0.717, 1.165) is 18.8 Å². The maximum absolute atomic E-state index is 4.31. The Morgan fingerprint density at radius 3 is 2.67 bits per heavy atom. The normalized spacial score (nSPS) is 10.7. The number of hydrogen-bond donors (Lipinski definition) is 1. The minimum Gasteiger partial charge on any atom is -0.308 e. The first-order valence-corrected chi connectivity index (χ1v) is 7.03. The average molecular weight is 278 g/mol. The minimum atomic E-state index is 0.796. The van der Waals surface area contributed by atoms with Gasteiger partial charge >= 0.3 is 0 Å². The van der Waals surface area contributed by atoms with Crippen molar-refractivity contribution < 1.29 is 0 Å². The molecule has 4 heteroatoms. The molecule has 0 saturated heterocycles. The first-order chi connectivity index (χ1) is 10.3. The lowest BCUT2D eigenvalue weighted by molar-refractivity contribution is 0.682. The number of para-hydroxylation sites is 1. The summed E-state index contributed by atoms with van der Waals surface area (Å²) in [5.41, 5.74) is 4.83. The van der Waals surface area contributed by atoms with Crippen LogP contribution in [0.5, 0.6) is 0 Å². The zero-order valence-electron chi connectivity index (χ0n) is 12.0. The van der Waals surface area contributed by atoms with Crippen LogP contribution >= 0.6 is 0 Å². The van der Waals surface area contributed by atoms with Gasteiger partial charge in [-0.15, -0.1) is 0 Å². The van der Waals surface area contributed by atoms with Crippen LogP contribution in [-0.4, -0.2) is 14.8 Å². The van der Waals surface area contributed by atoms with E-state index in [1.807, 2.05) is 41.5 Å². The highest BCUT2D eigenvalue weighted by atomic mass is 15.3. The van der Waals surface area contributed by atoms with E-state index < -0.39 is 0 Å². The van der Waals surface area contributed by atoms with Crippen molar-refractivity contribution >= 4 is 0 Å². The van der Waals surface area contributed by atoms with Gasteiger partial charge in [-0.3, -0.25) is 4.98 Å². The van der Waals surface area contributed by atoms with E-state index in [2.05, 4.69) is 40.5 Å². The van der Waals surface area contributed by atoms with Crippen LogP contribution in [0.4, 0.5) is 0 Å². The number of rotatable bonds is 5. The van der Waals surface area contributed by atoms with Gasteiger partial charge < -0.3 is 5.32 Å². The van der Waals surface area contributed by atoms with E-state index in [9.17, 15) is 0 Å². The van der Waals surface area contributed by atoms with Crippen molar-refractivity contribution in [1.29, 1.82) is 0 Å². The summed E-state index contributed by atoms with van der Waals surface area (Å²) in [7, 11) is 0. The third-order valence-corrected chi connectivity index (χ3v) is 3.52. The first kappa shape index (κ1) is 13.5. The first-order valence-electron chi connectivity index (χ1n) is 7.03. The number of pyridine rings is 1. The van der Waals surface area contributed by atoms with Crippen LogP contribution in [0.3, 0.4) is 0 Å². The van der Waals surface area contributed by atoms with Gasteiger partial charge in [0.15, 0.2) is 0 Å². The molecule has 1 aromatic carbocycles. The van der Waals surface area contributed by atoms with Crippen LogP contribution < -0.4 is 5.32 Å². The maximum Gasteiger partial charge on any atom is 0.0690 e. The van der Waals surface area contributed by atoms with E-state index in [4.69, 9.17) is 0 Å². The van der Waals surface area contributed by atoms with E-state index in [-0.39, 0.29) is 0 Å². The second-order valence-corrected chi connectivity index (χ2v) is 4.99. The van der Waals surface area contributed by atoms with E-state index >= 15 is 0 Å². The van der Waals surface area contributed by atoms with Crippen molar-refractivity contribution in [1.82, 2.24) is 20.1 Å². The molecule has 106 valence electrons. The Morgan fingerprint density at radius 2 is 1.86 bits per heavy atom. The molecule has 0 fully saturated rings. The Balaban J connectivity index is 1.70. The summed E-state index contributed by atoms with van der Waals surface area (Å²) in [6.07, 6.45) is 7.50. The number of nitrogens with zero attached hydrogens (tertiary/aromatic N) is 3. The molecule has 0 saturated carbocycles. The lowest BCUT2D eigenvalue weighted by Gasteiger charge is -2.11. The van der Waals surface area contributed by atoms with Crippen molar-refractivity contribution in [2.75, 3.05) is 0 Å². The van der Waals surface area contributed by atoms with Crippen molar-refractivity contribution in [2.24, 2.45) is 0 Å².